The summed E-state index contributed by atoms with van der Waals surface area (Å²) in [6, 6.07) is 3.14. The SMILES string of the molecule is N#Cc1ccnc(NCC2CCCCO2)c1[N+](=O)[O-]. The molecule has 1 aromatic rings. The number of pyridine rings is 1. The van der Waals surface area contributed by atoms with E-state index in [1.807, 2.05) is 0 Å². The topological polar surface area (TPSA) is 101 Å². The number of nitrogens with zero attached hydrogens (tertiary/aromatic N) is 3. The second-order valence-electron chi connectivity index (χ2n) is 4.29. The van der Waals surface area contributed by atoms with Gasteiger partial charge in [0.25, 0.3) is 0 Å². The summed E-state index contributed by atoms with van der Waals surface area (Å²) in [5.41, 5.74) is -0.270. The third kappa shape index (κ3) is 3.17. The summed E-state index contributed by atoms with van der Waals surface area (Å²) in [4.78, 5) is 14.3. The second kappa shape index (κ2) is 6.11. The van der Waals surface area contributed by atoms with Crippen molar-refractivity contribution in [3.8, 4) is 6.07 Å². The number of aromatic nitrogens is 1. The van der Waals surface area contributed by atoms with Gasteiger partial charge in [0.1, 0.15) is 11.6 Å². The highest BCUT2D eigenvalue weighted by Crippen LogP contribution is 2.26. The van der Waals surface area contributed by atoms with E-state index in [-0.39, 0.29) is 23.2 Å². The molecule has 1 saturated heterocycles. The van der Waals surface area contributed by atoms with Gasteiger partial charge in [-0.05, 0) is 25.3 Å². The lowest BCUT2D eigenvalue weighted by Crippen LogP contribution is -2.27. The van der Waals surface area contributed by atoms with Gasteiger partial charge in [0.15, 0.2) is 0 Å². The standard InChI is InChI=1S/C12H14N4O3/c13-7-9-4-5-14-12(11(9)16(17)18)15-8-10-3-1-2-6-19-10/h4-5,10H,1-3,6,8H2,(H,14,15). The smallest absolute Gasteiger partial charge is 0.328 e. The van der Waals surface area contributed by atoms with Crippen LogP contribution in [0, 0.1) is 21.4 Å². The first-order chi connectivity index (χ1) is 9.22. The average Bonchev–Trinajstić information content (AvgIpc) is 2.45. The number of ether oxygens (including phenoxy) is 1. The van der Waals surface area contributed by atoms with Crippen molar-refractivity contribution in [3.63, 3.8) is 0 Å². The summed E-state index contributed by atoms with van der Waals surface area (Å²) < 4.78 is 5.53. The van der Waals surface area contributed by atoms with Crippen LogP contribution in [0.15, 0.2) is 12.3 Å². The summed E-state index contributed by atoms with van der Waals surface area (Å²) in [5, 5.41) is 22.8. The van der Waals surface area contributed by atoms with Gasteiger partial charge < -0.3 is 10.1 Å². The predicted octanol–water partition coefficient (Wildman–Crippen LogP) is 1.84. The van der Waals surface area contributed by atoms with Crippen molar-refractivity contribution in [2.24, 2.45) is 0 Å². The van der Waals surface area contributed by atoms with Crippen LogP contribution in [0.1, 0.15) is 24.8 Å². The minimum Gasteiger partial charge on any atom is -0.376 e. The van der Waals surface area contributed by atoms with E-state index in [2.05, 4.69) is 10.3 Å². The zero-order valence-electron chi connectivity index (χ0n) is 10.3. The molecule has 7 nitrogen and oxygen atoms in total. The molecule has 2 heterocycles. The molecular weight excluding hydrogens is 248 g/mol. The van der Waals surface area contributed by atoms with Crippen molar-refractivity contribution in [1.29, 1.82) is 5.26 Å². The molecule has 7 heteroatoms. The molecule has 1 atom stereocenters. The largest absolute Gasteiger partial charge is 0.376 e. The van der Waals surface area contributed by atoms with Gasteiger partial charge in [-0.2, -0.15) is 5.26 Å². The summed E-state index contributed by atoms with van der Waals surface area (Å²) >= 11 is 0. The molecule has 1 aromatic heterocycles. The van der Waals surface area contributed by atoms with E-state index in [0.717, 1.165) is 25.9 Å². The fourth-order valence-electron chi connectivity index (χ4n) is 2.04. The Labute approximate surface area is 110 Å². The molecule has 0 radical (unpaired) electrons. The molecule has 1 fully saturated rings. The van der Waals surface area contributed by atoms with Crippen molar-refractivity contribution in [3.05, 3.63) is 27.9 Å². The monoisotopic (exact) mass is 262 g/mol. The van der Waals surface area contributed by atoms with Gasteiger partial charge in [-0.15, -0.1) is 0 Å². The number of nitriles is 1. The van der Waals surface area contributed by atoms with Crippen LogP contribution >= 0.6 is 0 Å². The van der Waals surface area contributed by atoms with Crippen LogP contribution in [0.25, 0.3) is 0 Å². The average molecular weight is 262 g/mol. The first-order valence-electron chi connectivity index (χ1n) is 6.11. The zero-order valence-corrected chi connectivity index (χ0v) is 10.3. The number of nitrogens with one attached hydrogen (secondary N) is 1. The van der Waals surface area contributed by atoms with Crippen molar-refractivity contribution < 1.29 is 9.66 Å². The number of hydrogen-bond acceptors (Lipinski definition) is 6. The molecule has 0 saturated carbocycles. The molecular formula is C12H14N4O3. The van der Waals surface area contributed by atoms with Gasteiger partial charge in [-0.25, -0.2) is 4.98 Å². The predicted molar refractivity (Wildman–Crippen MR) is 67.7 cm³/mol. The first-order valence-corrected chi connectivity index (χ1v) is 6.11. The van der Waals surface area contributed by atoms with Gasteiger partial charge >= 0.3 is 5.69 Å². The van der Waals surface area contributed by atoms with Crippen LogP contribution in [0.4, 0.5) is 11.5 Å². The fraction of sp³-hybridized carbons (Fsp3) is 0.500. The van der Waals surface area contributed by atoms with E-state index < -0.39 is 4.92 Å². The lowest BCUT2D eigenvalue weighted by molar-refractivity contribution is -0.384. The zero-order chi connectivity index (χ0) is 13.7. The molecule has 0 aromatic carbocycles. The van der Waals surface area contributed by atoms with Gasteiger partial charge in [-0.1, -0.05) is 0 Å². The molecule has 1 aliphatic heterocycles. The lowest BCUT2D eigenvalue weighted by Gasteiger charge is -2.22. The highest BCUT2D eigenvalue weighted by atomic mass is 16.6. The fourth-order valence-corrected chi connectivity index (χ4v) is 2.04. The van der Waals surface area contributed by atoms with Gasteiger partial charge in [0, 0.05) is 19.3 Å². The van der Waals surface area contributed by atoms with Gasteiger partial charge in [0.05, 0.1) is 11.0 Å². The summed E-state index contributed by atoms with van der Waals surface area (Å²) in [7, 11) is 0. The summed E-state index contributed by atoms with van der Waals surface area (Å²) in [6.07, 6.45) is 4.51. The maximum absolute atomic E-state index is 11.0. The van der Waals surface area contributed by atoms with E-state index in [9.17, 15) is 10.1 Å². The van der Waals surface area contributed by atoms with Gasteiger partial charge in [-0.3, -0.25) is 10.1 Å². The van der Waals surface area contributed by atoms with Crippen molar-refractivity contribution in [2.45, 2.75) is 25.4 Å². The summed E-state index contributed by atoms with van der Waals surface area (Å²) in [6.45, 7) is 1.18. The maximum Gasteiger partial charge on any atom is 0.328 e. The molecule has 1 aliphatic rings. The molecule has 2 rings (SSSR count). The van der Waals surface area contributed by atoms with Crippen molar-refractivity contribution >= 4 is 11.5 Å². The van der Waals surface area contributed by atoms with Crippen LogP contribution in [0.2, 0.25) is 0 Å². The van der Waals surface area contributed by atoms with Crippen molar-refractivity contribution in [2.75, 3.05) is 18.5 Å². The molecule has 0 amide bonds. The Morgan fingerprint density at radius 3 is 3.11 bits per heavy atom. The molecule has 0 spiro atoms. The molecule has 0 aliphatic carbocycles. The maximum atomic E-state index is 11.0. The third-order valence-electron chi connectivity index (χ3n) is 3.00. The Bertz CT molecular complexity index is 506. The van der Waals surface area contributed by atoms with Crippen molar-refractivity contribution in [1.82, 2.24) is 4.98 Å². The van der Waals surface area contributed by atoms with E-state index in [4.69, 9.17) is 10.00 Å². The quantitative estimate of drug-likeness (QED) is 0.656. The molecule has 100 valence electrons. The minimum absolute atomic E-state index is 0.00654. The van der Waals surface area contributed by atoms with Crippen LogP contribution in [-0.2, 0) is 4.74 Å². The highest BCUT2D eigenvalue weighted by molar-refractivity contribution is 5.64. The van der Waals surface area contributed by atoms with Crippen LogP contribution in [0.3, 0.4) is 0 Å². The first kappa shape index (κ1) is 13.2. The van der Waals surface area contributed by atoms with Gasteiger partial charge in [0.2, 0.25) is 5.82 Å². The second-order valence-corrected chi connectivity index (χ2v) is 4.29. The molecule has 19 heavy (non-hydrogen) atoms. The Balaban J connectivity index is 2.11. The summed E-state index contributed by atoms with van der Waals surface area (Å²) in [5.74, 6) is 0.123. The van der Waals surface area contributed by atoms with E-state index >= 15 is 0 Å². The molecule has 1 N–H and O–H groups in total. The Hall–Kier alpha value is -2.20. The van der Waals surface area contributed by atoms with Crippen LogP contribution in [0.5, 0.6) is 0 Å². The highest BCUT2D eigenvalue weighted by Gasteiger charge is 2.22. The van der Waals surface area contributed by atoms with E-state index in [0.29, 0.717) is 6.54 Å². The number of hydrogen-bond donors (Lipinski definition) is 1. The molecule has 1 unspecified atom stereocenters. The van der Waals surface area contributed by atoms with Crippen LogP contribution < -0.4 is 5.32 Å². The minimum atomic E-state index is -0.588. The van der Waals surface area contributed by atoms with E-state index in [1.54, 1.807) is 6.07 Å². The number of rotatable bonds is 4. The van der Waals surface area contributed by atoms with Crippen LogP contribution in [-0.4, -0.2) is 29.2 Å². The lowest BCUT2D eigenvalue weighted by atomic mass is 10.1. The van der Waals surface area contributed by atoms with E-state index in [1.165, 1.54) is 12.3 Å². The Morgan fingerprint density at radius 1 is 1.63 bits per heavy atom. The number of nitro groups is 1. The number of anilines is 1. The third-order valence-corrected chi connectivity index (χ3v) is 3.00. The normalized spacial score (nSPS) is 18.6. The Kier molecular flexibility index (Phi) is 4.26. The Morgan fingerprint density at radius 2 is 2.47 bits per heavy atom. The molecule has 0 bridgehead atoms.